The first-order chi connectivity index (χ1) is 13.5. The summed E-state index contributed by atoms with van der Waals surface area (Å²) < 4.78 is 32.6. The molecule has 28 heavy (non-hydrogen) atoms. The molecule has 150 valence electrons. The van der Waals surface area contributed by atoms with Crippen LogP contribution >= 0.6 is 0 Å². The average Bonchev–Trinajstić information content (AvgIpc) is 2.73. The van der Waals surface area contributed by atoms with E-state index < -0.39 is 10.0 Å². The first kappa shape index (κ1) is 20.4. The minimum Gasteiger partial charge on any atom is -0.484 e. The Morgan fingerprint density at radius 2 is 1.68 bits per heavy atom. The fourth-order valence-corrected chi connectivity index (χ4v) is 4.80. The molecule has 1 amide bonds. The number of ether oxygens (including phenoxy) is 1. The zero-order valence-electron chi connectivity index (χ0n) is 16.0. The summed E-state index contributed by atoms with van der Waals surface area (Å²) in [6.07, 6.45) is 5.13. The van der Waals surface area contributed by atoms with Gasteiger partial charge in [-0.1, -0.05) is 37.5 Å². The van der Waals surface area contributed by atoms with Gasteiger partial charge in [0.05, 0.1) is 4.90 Å². The topological polar surface area (TPSA) is 75.7 Å². The highest BCUT2D eigenvalue weighted by Crippen LogP contribution is 2.27. The Labute approximate surface area is 166 Å². The summed E-state index contributed by atoms with van der Waals surface area (Å²) in [4.78, 5) is 12.3. The van der Waals surface area contributed by atoms with Crippen molar-refractivity contribution in [2.75, 3.05) is 19.0 Å². The molecule has 2 aromatic carbocycles. The quantitative estimate of drug-likeness (QED) is 0.767. The lowest BCUT2D eigenvalue weighted by Gasteiger charge is -2.30. The van der Waals surface area contributed by atoms with Crippen molar-refractivity contribution in [3.63, 3.8) is 0 Å². The highest BCUT2D eigenvalue weighted by atomic mass is 32.2. The summed E-state index contributed by atoms with van der Waals surface area (Å²) in [5.74, 6) is 0.309. The molecule has 0 spiro atoms. The smallest absolute Gasteiger partial charge is 0.262 e. The standard InChI is InChI=1S/C21H26N2O4S/c1-23(18-8-4-2-5-9-18)28(25,26)20-14-12-17(13-15-20)22-21(24)16-27-19-10-6-3-7-11-19/h3,6-7,10-15,18H,2,4-5,8-9,16H2,1H3,(H,22,24). The number of hydrogen-bond donors (Lipinski definition) is 1. The third kappa shape index (κ3) is 5.11. The molecule has 1 aliphatic rings. The molecule has 0 saturated heterocycles. The van der Waals surface area contributed by atoms with Crippen molar-refractivity contribution in [1.29, 1.82) is 0 Å². The van der Waals surface area contributed by atoms with E-state index in [1.165, 1.54) is 22.9 Å². The Kier molecular flexibility index (Phi) is 6.70. The molecule has 6 nitrogen and oxygen atoms in total. The van der Waals surface area contributed by atoms with Crippen LogP contribution in [0.25, 0.3) is 0 Å². The molecule has 0 aromatic heterocycles. The summed E-state index contributed by atoms with van der Waals surface area (Å²) >= 11 is 0. The second-order valence-electron chi connectivity index (χ2n) is 6.99. The van der Waals surface area contributed by atoms with Crippen LogP contribution in [0.4, 0.5) is 5.69 Å². The highest BCUT2D eigenvalue weighted by Gasteiger charge is 2.28. The van der Waals surface area contributed by atoms with Crippen LogP contribution in [-0.4, -0.2) is 38.3 Å². The Bertz CT molecular complexity index is 876. The maximum absolute atomic E-state index is 12.8. The molecule has 1 fully saturated rings. The van der Waals surface area contributed by atoms with Crippen LogP contribution in [0, 0.1) is 0 Å². The summed E-state index contributed by atoms with van der Waals surface area (Å²) in [5, 5.41) is 2.71. The predicted octanol–water partition coefficient (Wildman–Crippen LogP) is 3.66. The number of carbonyl (C=O) groups excluding carboxylic acids is 1. The van der Waals surface area contributed by atoms with E-state index in [1.54, 1.807) is 31.3 Å². The number of nitrogens with zero attached hydrogens (tertiary/aromatic N) is 1. The molecule has 1 saturated carbocycles. The lowest BCUT2D eigenvalue weighted by atomic mass is 9.96. The lowest BCUT2D eigenvalue weighted by Crippen LogP contribution is -2.38. The van der Waals surface area contributed by atoms with E-state index in [0.29, 0.717) is 11.4 Å². The molecule has 2 aromatic rings. The van der Waals surface area contributed by atoms with Gasteiger partial charge in [-0.05, 0) is 49.2 Å². The van der Waals surface area contributed by atoms with Crippen molar-refractivity contribution in [3.05, 3.63) is 54.6 Å². The number of hydrogen-bond acceptors (Lipinski definition) is 4. The Hall–Kier alpha value is -2.38. The van der Waals surface area contributed by atoms with Gasteiger partial charge in [0.15, 0.2) is 6.61 Å². The van der Waals surface area contributed by atoms with E-state index in [9.17, 15) is 13.2 Å². The van der Waals surface area contributed by atoms with E-state index in [0.717, 1.165) is 25.7 Å². The summed E-state index contributed by atoms with van der Waals surface area (Å²) in [6, 6.07) is 15.4. The van der Waals surface area contributed by atoms with Crippen molar-refractivity contribution >= 4 is 21.6 Å². The van der Waals surface area contributed by atoms with Gasteiger partial charge in [0.1, 0.15) is 5.75 Å². The first-order valence-corrected chi connectivity index (χ1v) is 11.0. The first-order valence-electron chi connectivity index (χ1n) is 9.52. The van der Waals surface area contributed by atoms with Crippen LogP contribution in [0.15, 0.2) is 59.5 Å². The van der Waals surface area contributed by atoms with Crippen LogP contribution in [0.2, 0.25) is 0 Å². The van der Waals surface area contributed by atoms with Crippen molar-refractivity contribution in [1.82, 2.24) is 4.31 Å². The van der Waals surface area contributed by atoms with Gasteiger partial charge in [0, 0.05) is 18.8 Å². The van der Waals surface area contributed by atoms with Crippen LogP contribution in [-0.2, 0) is 14.8 Å². The molecular weight excluding hydrogens is 376 g/mol. The van der Waals surface area contributed by atoms with E-state index in [1.807, 2.05) is 18.2 Å². The minimum atomic E-state index is -3.53. The van der Waals surface area contributed by atoms with Crippen molar-refractivity contribution < 1.29 is 17.9 Å². The number of amides is 1. The number of para-hydroxylation sites is 1. The molecule has 1 N–H and O–H groups in total. The van der Waals surface area contributed by atoms with Gasteiger partial charge in [-0.3, -0.25) is 4.79 Å². The monoisotopic (exact) mass is 402 g/mol. The molecule has 0 radical (unpaired) electrons. The number of benzene rings is 2. The second kappa shape index (κ2) is 9.21. The van der Waals surface area contributed by atoms with Gasteiger partial charge >= 0.3 is 0 Å². The minimum absolute atomic E-state index is 0.0632. The normalized spacial score (nSPS) is 15.4. The maximum atomic E-state index is 12.8. The number of anilines is 1. The molecule has 0 heterocycles. The molecular formula is C21H26N2O4S. The van der Waals surface area contributed by atoms with Crippen molar-refractivity contribution in [2.45, 2.75) is 43.0 Å². The van der Waals surface area contributed by atoms with Crippen molar-refractivity contribution in [2.24, 2.45) is 0 Å². The van der Waals surface area contributed by atoms with Crippen LogP contribution in [0.3, 0.4) is 0 Å². The van der Waals surface area contributed by atoms with Crippen LogP contribution in [0.5, 0.6) is 5.75 Å². The van der Waals surface area contributed by atoms with E-state index in [2.05, 4.69) is 5.32 Å². The fourth-order valence-electron chi connectivity index (χ4n) is 3.38. The maximum Gasteiger partial charge on any atom is 0.262 e. The van der Waals surface area contributed by atoms with E-state index >= 15 is 0 Å². The highest BCUT2D eigenvalue weighted by molar-refractivity contribution is 7.89. The third-order valence-corrected chi connectivity index (χ3v) is 6.94. The summed E-state index contributed by atoms with van der Waals surface area (Å²) in [6.45, 7) is -0.117. The van der Waals surface area contributed by atoms with E-state index in [-0.39, 0.29) is 23.5 Å². The number of nitrogens with one attached hydrogen (secondary N) is 1. The Balaban J connectivity index is 1.58. The Morgan fingerprint density at radius 3 is 2.32 bits per heavy atom. The zero-order chi connectivity index (χ0) is 20.0. The molecule has 7 heteroatoms. The molecule has 1 aliphatic carbocycles. The Morgan fingerprint density at radius 1 is 1.04 bits per heavy atom. The summed E-state index contributed by atoms with van der Waals surface area (Å²) in [7, 11) is -1.88. The van der Waals surface area contributed by atoms with Gasteiger partial charge in [-0.15, -0.1) is 0 Å². The van der Waals surface area contributed by atoms with Crippen LogP contribution in [0.1, 0.15) is 32.1 Å². The lowest BCUT2D eigenvalue weighted by molar-refractivity contribution is -0.118. The SMILES string of the molecule is CN(C1CCCCC1)S(=O)(=O)c1ccc(NC(=O)COc2ccccc2)cc1. The largest absolute Gasteiger partial charge is 0.484 e. The second-order valence-corrected chi connectivity index (χ2v) is 8.98. The zero-order valence-corrected chi connectivity index (χ0v) is 16.8. The molecule has 3 rings (SSSR count). The van der Waals surface area contributed by atoms with Gasteiger partial charge < -0.3 is 10.1 Å². The molecule has 0 atom stereocenters. The predicted molar refractivity (Wildman–Crippen MR) is 109 cm³/mol. The number of rotatable bonds is 7. The number of sulfonamides is 1. The molecule has 0 bridgehead atoms. The van der Waals surface area contributed by atoms with Gasteiger partial charge in [-0.2, -0.15) is 4.31 Å². The molecule has 0 aliphatic heterocycles. The van der Waals surface area contributed by atoms with Crippen LogP contribution < -0.4 is 10.1 Å². The fraction of sp³-hybridized carbons (Fsp3) is 0.381. The number of carbonyl (C=O) groups is 1. The molecule has 0 unspecified atom stereocenters. The van der Waals surface area contributed by atoms with Gasteiger partial charge in [-0.25, -0.2) is 8.42 Å². The van der Waals surface area contributed by atoms with Crippen molar-refractivity contribution in [3.8, 4) is 5.75 Å². The third-order valence-electron chi connectivity index (χ3n) is 5.02. The van der Waals surface area contributed by atoms with E-state index in [4.69, 9.17) is 4.74 Å². The van der Waals surface area contributed by atoms with Gasteiger partial charge in [0.2, 0.25) is 10.0 Å². The average molecular weight is 403 g/mol. The summed E-state index contributed by atoms with van der Waals surface area (Å²) in [5.41, 5.74) is 0.529. The van der Waals surface area contributed by atoms with Gasteiger partial charge in [0.25, 0.3) is 5.91 Å².